The minimum Gasteiger partial charge on any atom is -0.481 e. The number of hydrogen-bond acceptors (Lipinski definition) is 11. The number of aliphatic hydroxyl groups excluding tert-OH is 1. The molecule has 1 heterocycles. The van der Waals surface area contributed by atoms with Crippen molar-refractivity contribution in [2.45, 2.75) is 116 Å². The van der Waals surface area contributed by atoms with Crippen molar-refractivity contribution < 1.29 is 67.3 Å². The summed E-state index contributed by atoms with van der Waals surface area (Å²) in [5.74, 6) is -3.80. The minimum absolute atomic E-state index is 0.0719. The minimum atomic E-state index is -5.04. The summed E-state index contributed by atoms with van der Waals surface area (Å²) >= 11 is 0. The number of carboxylic acids is 1. The van der Waals surface area contributed by atoms with Crippen LogP contribution >= 0.6 is 7.82 Å². The van der Waals surface area contributed by atoms with Crippen LogP contribution in [0, 0.1) is 34.5 Å². The maximum absolute atomic E-state index is 14.4. The Labute approximate surface area is 383 Å². The number of allylic oxidation sites excluding steroid dienone is 4. The van der Waals surface area contributed by atoms with E-state index >= 15 is 0 Å². The van der Waals surface area contributed by atoms with Gasteiger partial charge in [-0.1, -0.05) is 82.2 Å². The second-order valence-electron chi connectivity index (χ2n) is 19.1. The molecule has 18 heteroatoms. The second-order valence-corrected chi connectivity index (χ2v) is 20.3. The van der Waals surface area contributed by atoms with Gasteiger partial charge in [0.25, 0.3) is 0 Å². The lowest BCUT2D eigenvalue weighted by molar-refractivity contribution is -0.200. The molecule has 1 unspecified atom stereocenters. The van der Waals surface area contributed by atoms with Crippen molar-refractivity contribution >= 4 is 48.8 Å². The largest absolute Gasteiger partial charge is 0.481 e. The molecule has 7 rings (SSSR count). The average Bonchev–Trinajstić information content (AvgIpc) is 3.76. The van der Waals surface area contributed by atoms with Gasteiger partial charge >= 0.3 is 13.8 Å². The first-order valence-electron chi connectivity index (χ1n) is 22.6. The number of carbonyl (C=O) groups is 6. The molecule has 7 N–H and O–H groups in total. The fourth-order valence-corrected chi connectivity index (χ4v) is 11.8. The van der Waals surface area contributed by atoms with Crippen LogP contribution in [0.3, 0.4) is 0 Å². The molecule has 356 valence electrons. The van der Waals surface area contributed by atoms with Crippen molar-refractivity contribution in [3.8, 4) is 0 Å². The number of phosphoric acid groups is 1. The second kappa shape index (κ2) is 19.4. The lowest BCUT2D eigenvalue weighted by atomic mass is 9.46. The van der Waals surface area contributed by atoms with Crippen LogP contribution in [0.15, 0.2) is 72.3 Å². The summed E-state index contributed by atoms with van der Waals surface area (Å²) in [6, 6.07) is 13.2. The third-order valence-electron chi connectivity index (χ3n) is 14.8. The lowest BCUT2D eigenvalue weighted by Gasteiger charge is -2.59. The number of carboxylic acid groups (broad SMARTS) is 1. The number of rotatable bonds is 18. The van der Waals surface area contributed by atoms with Gasteiger partial charge in [0.1, 0.15) is 12.6 Å². The topological polar surface area (TPSA) is 264 Å². The monoisotopic (exact) mass is 933 g/mol. The van der Waals surface area contributed by atoms with Gasteiger partial charge in [-0.3, -0.25) is 33.3 Å². The third kappa shape index (κ3) is 10.0. The van der Waals surface area contributed by atoms with Crippen LogP contribution < -0.4 is 16.0 Å². The number of ketones is 2. The molecule has 4 aliphatic carbocycles. The number of fused-ring (bicyclic) bond motifs is 7. The number of Topliss-reactive ketones (excluding diaryl/α,β-unsaturated/α-hetero) is 1. The van der Waals surface area contributed by atoms with E-state index in [9.17, 15) is 53.3 Å². The first kappa shape index (κ1) is 49.0. The van der Waals surface area contributed by atoms with E-state index in [2.05, 4.69) is 16.0 Å². The first-order chi connectivity index (χ1) is 31.1. The predicted molar refractivity (Wildman–Crippen MR) is 238 cm³/mol. The highest BCUT2D eigenvalue weighted by atomic mass is 31.2. The Hall–Kier alpha value is -4.87. The van der Waals surface area contributed by atoms with Crippen molar-refractivity contribution in [1.29, 1.82) is 0 Å². The molecule has 1 aliphatic heterocycles. The Kier molecular flexibility index (Phi) is 14.4. The Morgan fingerprint density at radius 3 is 2.47 bits per heavy atom. The van der Waals surface area contributed by atoms with Crippen LogP contribution in [0.1, 0.15) is 102 Å². The maximum atomic E-state index is 14.4. The Morgan fingerprint density at radius 1 is 1.03 bits per heavy atom. The van der Waals surface area contributed by atoms with Crippen LogP contribution in [0.5, 0.6) is 0 Å². The van der Waals surface area contributed by atoms with E-state index in [-0.39, 0.29) is 67.6 Å². The standard InChI is InChI=1S/C48H60N3O14P/c1-5-27(2)19-40(55)49-25-41(56)51-36(15-16-42(57)58)44(59)50-32-8-6-7-29(21-32)20-28-9-11-30(12-10-28)45-64-39-23-35-34-14-13-31-22-33(52)17-18-46(31,3)43(34)37(53)24-47(35,4)48(39,65-45)38(54)26-63-66(60,61)62/h6-12,17-18,21-22,27,34-37,39,43,45,53H,5,13-16,19-20,23-26H2,1-4H3,(H,49,55)(H,50,59)(H,51,56)(H,57,58)(H2,60,61,62)/t27?,34-,35-,36-,37-,39+,43+,45+,46-,47-,48+/m0/s1. The van der Waals surface area contributed by atoms with Crippen LogP contribution in [0.2, 0.25) is 0 Å². The molecule has 0 radical (unpaired) electrons. The predicted octanol–water partition coefficient (Wildman–Crippen LogP) is 4.84. The number of amides is 3. The quantitative estimate of drug-likeness (QED) is 0.0988. The van der Waals surface area contributed by atoms with Gasteiger partial charge in [-0.2, -0.15) is 0 Å². The van der Waals surface area contributed by atoms with E-state index < -0.39 is 79.0 Å². The molecule has 5 aliphatic rings. The van der Waals surface area contributed by atoms with Gasteiger partial charge in [0, 0.05) is 40.8 Å². The molecule has 0 spiro atoms. The van der Waals surface area contributed by atoms with Crippen molar-refractivity contribution in [3.63, 3.8) is 0 Å². The number of nitrogens with one attached hydrogen (secondary N) is 3. The zero-order valence-electron chi connectivity index (χ0n) is 37.6. The molecule has 11 atom stereocenters. The van der Waals surface area contributed by atoms with Gasteiger partial charge < -0.3 is 45.4 Å². The molecule has 17 nitrogen and oxygen atoms in total. The van der Waals surface area contributed by atoms with E-state index in [0.29, 0.717) is 36.9 Å². The normalized spacial score (nSPS) is 30.7. The number of anilines is 1. The Morgan fingerprint density at radius 2 is 1.77 bits per heavy atom. The summed E-state index contributed by atoms with van der Waals surface area (Å²) in [7, 11) is -5.04. The number of benzene rings is 2. The average molecular weight is 934 g/mol. The molecule has 3 amide bonds. The zero-order valence-corrected chi connectivity index (χ0v) is 38.5. The molecule has 66 heavy (non-hydrogen) atoms. The summed E-state index contributed by atoms with van der Waals surface area (Å²) in [5, 5.41) is 29.2. The summed E-state index contributed by atoms with van der Waals surface area (Å²) in [5.41, 5.74) is 0.390. The van der Waals surface area contributed by atoms with Gasteiger partial charge in [0.15, 0.2) is 23.5 Å². The van der Waals surface area contributed by atoms with Crippen LogP contribution in [-0.2, 0) is 53.8 Å². The van der Waals surface area contributed by atoms with Gasteiger partial charge in [-0.15, -0.1) is 0 Å². The summed E-state index contributed by atoms with van der Waals surface area (Å²) in [6.07, 6.45) is 5.15. The third-order valence-corrected chi connectivity index (χ3v) is 15.3. The fourth-order valence-electron chi connectivity index (χ4n) is 11.5. The maximum Gasteiger partial charge on any atom is 0.470 e. The number of ether oxygens (including phenoxy) is 2. The van der Waals surface area contributed by atoms with E-state index in [4.69, 9.17) is 14.0 Å². The molecule has 2 aromatic carbocycles. The molecular formula is C48H60N3O14P. The number of hydrogen-bond donors (Lipinski definition) is 7. The summed E-state index contributed by atoms with van der Waals surface area (Å²) in [6.45, 7) is 6.53. The van der Waals surface area contributed by atoms with Crippen LogP contribution in [0.4, 0.5) is 5.69 Å². The van der Waals surface area contributed by atoms with Crippen LogP contribution in [0.25, 0.3) is 0 Å². The number of carbonyl (C=O) groups excluding carboxylic acids is 5. The molecule has 3 saturated carbocycles. The van der Waals surface area contributed by atoms with Crippen LogP contribution in [-0.4, -0.2) is 92.3 Å². The van der Waals surface area contributed by atoms with Gasteiger partial charge in [-0.05, 0) is 91.7 Å². The number of aliphatic hydroxyl groups is 1. The van der Waals surface area contributed by atoms with E-state index in [1.165, 1.54) is 0 Å². The summed E-state index contributed by atoms with van der Waals surface area (Å²) < 4.78 is 30.0. The molecule has 2 aromatic rings. The molecule has 0 bridgehead atoms. The highest BCUT2D eigenvalue weighted by Gasteiger charge is 2.76. The number of phosphoric ester groups is 1. The lowest BCUT2D eigenvalue weighted by Crippen LogP contribution is -2.63. The highest BCUT2D eigenvalue weighted by Crippen LogP contribution is 2.70. The fraction of sp³-hybridized carbons (Fsp3) is 0.542. The molecule has 4 fully saturated rings. The smallest absolute Gasteiger partial charge is 0.470 e. The van der Waals surface area contributed by atoms with E-state index in [1.54, 1.807) is 42.5 Å². The van der Waals surface area contributed by atoms with Crippen molar-refractivity contribution in [2.24, 2.45) is 34.5 Å². The summed E-state index contributed by atoms with van der Waals surface area (Å²) in [4.78, 5) is 95.5. The zero-order chi connectivity index (χ0) is 47.8. The molecular weight excluding hydrogens is 874 g/mol. The van der Waals surface area contributed by atoms with E-state index in [1.807, 2.05) is 52.0 Å². The number of aliphatic carboxylic acids is 1. The van der Waals surface area contributed by atoms with Crippen molar-refractivity contribution in [2.75, 3.05) is 18.5 Å². The van der Waals surface area contributed by atoms with Gasteiger partial charge in [-0.25, -0.2) is 4.57 Å². The SMILES string of the molecule is CCC(C)CC(=O)NCC(=O)N[C@@H](CCC(=O)O)C(=O)Nc1cccc(Cc2ccc([C@@H]3O[C@@H]4C[C@H]5[C@@H]6CCC7=CC(=O)C=C[C@]7(C)[C@H]6[C@@H](O)C[C@]5(C)[C@]4(C(=O)COP(=O)(O)O)O3)cc2)c1. The Balaban J connectivity index is 1.04. The molecule has 0 aromatic heterocycles. The molecule has 1 saturated heterocycles. The van der Waals surface area contributed by atoms with Crippen molar-refractivity contribution in [3.05, 3.63) is 89.0 Å². The Bertz CT molecular complexity index is 2350. The van der Waals surface area contributed by atoms with Crippen molar-refractivity contribution in [1.82, 2.24) is 10.6 Å². The van der Waals surface area contributed by atoms with Gasteiger partial charge in [0.05, 0.1) is 18.8 Å². The highest BCUT2D eigenvalue weighted by molar-refractivity contribution is 7.46. The van der Waals surface area contributed by atoms with Gasteiger partial charge in [0.2, 0.25) is 17.7 Å². The van der Waals surface area contributed by atoms with E-state index in [0.717, 1.165) is 23.1 Å². The first-order valence-corrected chi connectivity index (χ1v) is 24.1.